The fourth-order valence-electron chi connectivity index (χ4n) is 2.83. The maximum Gasteiger partial charge on any atom is 0.118 e. The van der Waals surface area contributed by atoms with E-state index in [0.29, 0.717) is 0 Å². The van der Waals surface area contributed by atoms with Crippen LogP contribution in [0.2, 0.25) is 0 Å². The zero-order valence-electron chi connectivity index (χ0n) is 13.3. The largest absolute Gasteiger partial charge is 0.497 e. The van der Waals surface area contributed by atoms with Crippen LogP contribution in [0.15, 0.2) is 79.0 Å². The highest BCUT2D eigenvalue weighted by molar-refractivity contribution is 5.96. The Kier molecular flexibility index (Phi) is 3.67. The van der Waals surface area contributed by atoms with Gasteiger partial charge in [0, 0.05) is 11.6 Å². The van der Waals surface area contributed by atoms with Crippen LogP contribution in [-0.4, -0.2) is 17.1 Å². The quantitative estimate of drug-likeness (QED) is 0.535. The maximum absolute atomic E-state index is 5.26. The number of aromatic nitrogens is 2. The third kappa shape index (κ3) is 2.61. The summed E-state index contributed by atoms with van der Waals surface area (Å²) >= 11 is 0. The molecule has 0 N–H and O–H groups in total. The Labute approximate surface area is 140 Å². The second-order valence-corrected chi connectivity index (χ2v) is 5.52. The zero-order valence-corrected chi connectivity index (χ0v) is 13.3. The summed E-state index contributed by atoms with van der Waals surface area (Å²) in [5.74, 6) is 0.849. The maximum atomic E-state index is 5.26. The molecule has 0 aliphatic heterocycles. The van der Waals surface area contributed by atoms with Crippen LogP contribution in [0.25, 0.3) is 33.4 Å². The molecule has 2 aromatic carbocycles. The van der Waals surface area contributed by atoms with E-state index >= 15 is 0 Å². The van der Waals surface area contributed by atoms with Crippen molar-refractivity contribution in [3.8, 4) is 28.3 Å². The molecule has 3 heteroatoms. The van der Waals surface area contributed by atoms with Gasteiger partial charge in [-0.3, -0.25) is 4.98 Å². The summed E-state index contributed by atoms with van der Waals surface area (Å²) in [6.07, 6.45) is 1.79. The van der Waals surface area contributed by atoms with Crippen molar-refractivity contribution in [1.29, 1.82) is 0 Å². The van der Waals surface area contributed by atoms with Gasteiger partial charge in [0.15, 0.2) is 0 Å². The van der Waals surface area contributed by atoms with Crippen LogP contribution in [0.5, 0.6) is 5.75 Å². The molecule has 0 saturated carbocycles. The average molecular weight is 312 g/mol. The SMILES string of the molecule is COc1ccc(-c2cc(-c3ccccn3)nc3ccccc23)cc1. The zero-order chi connectivity index (χ0) is 16.4. The molecule has 2 aromatic heterocycles. The van der Waals surface area contributed by atoms with Gasteiger partial charge in [0.2, 0.25) is 0 Å². The van der Waals surface area contributed by atoms with Crippen molar-refractivity contribution < 1.29 is 4.74 Å². The van der Waals surface area contributed by atoms with E-state index in [1.165, 1.54) is 0 Å². The van der Waals surface area contributed by atoms with Gasteiger partial charge in [0.1, 0.15) is 5.75 Å². The van der Waals surface area contributed by atoms with Gasteiger partial charge in [-0.15, -0.1) is 0 Å². The van der Waals surface area contributed by atoms with Gasteiger partial charge in [-0.2, -0.15) is 0 Å². The van der Waals surface area contributed by atoms with Crippen LogP contribution < -0.4 is 4.74 Å². The van der Waals surface area contributed by atoms with Crippen LogP contribution in [0, 0.1) is 0 Å². The summed E-state index contributed by atoms with van der Waals surface area (Å²) < 4.78 is 5.26. The normalized spacial score (nSPS) is 10.7. The number of benzene rings is 2. The lowest BCUT2D eigenvalue weighted by Crippen LogP contribution is -1.91. The van der Waals surface area contributed by atoms with Crippen molar-refractivity contribution in [2.45, 2.75) is 0 Å². The second kappa shape index (κ2) is 6.13. The number of fused-ring (bicyclic) bond motifs is 1. The highest BCUT2D eigenvalue weighted by atomic mass is 16.5. The number of methoxy groups -OCH3 is 1. The molecule has 0 spiro atoms. The minimum atomic E-state index is 0.849. The first-order valence-electron chi connectivity index (χ1n) is 7.81. The number of nitrogens with zero attached hydrogens (tertiary/aromatic N) is 2. The van der Waals surface area contributed by atoms with Crippen molar-refractivity contribution in [1.82, 2.24) is 9.97 Å². The lowest BCUT2D eigenvalue weighted by atomic mass is 9.99. The molecule has 4 aromatic rings. The third-order valence-electron chi connectivity index (χ3n) is 4.04. The molecule has 3 nitrogen and oxygen atoms in total. The average Bonchev–Trinajstić information content (AvgIpc) is 2.68. The van der Waals surface area contributed by atoms with Crippen molar-refractivity contribution >= 4 is 10.9 Å². The molecule has 0 fully saturated rings. The number of rotatable bonds is 3. The monoisotopic (exact) mass is 312 g/mol. The Bertz CT molecular complexity index is 980. The van der Waals surface area contributed by atoms with Gasteiger partial charge in [-0.1, -0.05) is 36.4 Å². The highest BCUT2D eigenvalue weighted by Gasteiger charge is 2.10. The Balaban J connectivity index is 1.95. The molecule has 0 amide bonds. The minimum Gasteiger partial charge on any atom is -0.497 e. The minimum absolute atomic E-state index is 0.849. The van der Waals surface area contributed by atoms with E-state index in [1.54, 1.807) is 13.3 Å². The molecule has 4 rings (SSSR count). The Hall–Kier alpha value is -3.20. The third-order valence-corrected chi connectivity index (χ3v) is 4.04. The van der Waals surface area contributed by atoms with Crippen molar-refractivity contribution in [3.63, 3.8) is 0 Å². The summed E-state index contributed by atoms with van der Waals surface area (Å²) in [5, 5.41) is 1.13. The molecule has 116 valence electrons. The predicted molar refractivity (Wildman–Crippen MR) is 97.0 cm³/mol. The van der Waals surface area contributed by atoms with E-state index in [4.69, 9.17) is 9.72 Å². The van der Waals surface area contributed by atoms with Gasteiger partial charge in [-0.25, -0.2) is 4.98 Å². The topological polar surface area (TPSA) is 35.0 Å². The van der Waals surface area contributed by atoms with E-state index < -0.39 is 0 Å². The van der Waals surface area contributed by atoms with Crippen LogP contribution in [0.3, 0.4) is 0 Å². The molecular formula is C21H16N2O. The van der Waals surface area contributed by atoms with E-state index in [9.17, 15) is 0 Å². The van der Waals surface area contributed by atoms with E-state index in [1.807, 2.05) is 48.5 Å². The van der Waals surface area contributed by atoms with Gasteiger partial charge in [-0.05, 0) is 47.5 Å². The van der Waals surface area contributed by atoms with Crippen molar-refractivity contribution in [2.24, 2.45) is 0 Å². The predicted octanol–water partition coefficient (Wildman–Crippen LogP) is 4.97. The second-order valence-electron chi connectivity index (χ2n) is 5.52. The number of ether oxygens (including phenoxy) is 1. The molecule has 2 heterocycles. The number of hydrogen-bond donors (Lipinski definition) is 0. The number of hydrogen-bond acceptors (Lipinski definition) is 3. The molecule has 0 bridgehead atoms. The smallest absolute Gasteiger partial charge is 0.118 e. The van der Waals surface area contributed by atoms with E-state index in [2.05, 4.69) is 29.2 Å². The van der Waals surface area contributed by atoms with Gasteiger partial charge >= 0.3 is 0 Å². The number of para-hydroxylation sites is 1. The molecular weight excluding hydrogens is 296 g/mol. The van der Waals surface area contributed by atoms with Gasteiger partial charge in [0.05, 0.1) is 24.0 Å². The first-order chi connectivity index (χ1) is 11.8. The highest BCUT2D eigenvalue weighted by Crippen LogP contribution is 2.32. The summed E-state index contributed by atoms with van der Waals surface area (Å²) in [4.78, 5) is 9.21. The lowest BCUT2D eigenvalue weighted by molar-refractivity contribution is 0.415. The molecule has 0 radical (unpaired) electrons. The molecule has 0 unspecified atom stereocenters. The standard InChI is InChI=1S/C21H16N2O/c1-24-16-11-9-15(10-12-16)18-14-21(20-8-4-5-13-22-20)23-19-7-3-2-6-17(18)19/h2-14H,1H3. The van der Waals surface area contributed by atoms with Crippen LogP contribution in [-0.2, 0) is 0 Å². The summed E-state index contributed by atoms with van der Waals surface area (Å²) in [7, 11) is 1.68. The van der Waals surface area contributed by atoms with Gasteiger partial charge in [0.25, 0.3) is 0 Å². The van der Waals surface area contributed by atoms with Crippen LogP contribution in [0.1, 0.15) is 0 Å². The lowest BCUT2D eigenvalue weighted by Gasteiger charge is -2.10. The summed E-state index contributed by atoms with van der Waals surface area (Å²) in [5.41, 5.74) is 4.99. The first-order valence-corrected chi connectivity index (χ1v) is 7.81. The fourth-order valence-corrected chi connectivity index (χ4v) is 2.83. The molecule has 0 atom stereocenters. The van der Waals surface area contributed by atoms with E-state index in [-0.39, 0.29) is 0 Å². The fraction of sp³-hybridized carbons (Fsp3) is 0.0476. The van der Waals surface area contributed by atoms with Crippen LogP contribution in [0.4, 0.5) is 0 Å². The Morgan fingerprint density at radius 3 is 2.33 bits per heavy atom. The molecule has 0 saturated heterocycles. The Morgan fingerprint density at radius 1 is 0.792 bits per heavy atom. The van der Waals surface area contributed by atoms with Crippen molar-refractivity contribution in [2.75, 3.05) is 7.11 Å². The van der Waals surface area contributed by atoms with Gasteiger partial charge < -0.3 is 4.74 Å². The molecule has 24 heavy (non-hydrogen) atoms. The molecule has 0 aliphatic rings. The first kappa shape index (κ1) is 14.4. The van der Waals surface area contributed by atoms with Crippen molar-refractivity contribution in [3.05, 3.63) is 79.0 Å². The van der Waals surface area contributed by atoms with Crippen LogP contribution >= 0.6 is 0 Å². The summed E-state index contributed by atoms with van der Waals surface area (Å²) in [6, 6.07) is 24.3. The Morgan fingerprint density at radius 2 is 1.58 bits per heavy atom. The summed E-state index contributed by atoms with van der Waals surface area (Å²) in [6.45, 7) is 0. The number of pyridine rings is 2. The van der Waals surface area contributed by atoms with E-state index in [0.717, 1.165) is 39.2 Å². The molecule has 0 aliphatic carbocycles.